The Bertz CT molecular complexity index is 1390. The van der Waals surface area contributed by atoms with Gasteiger partial charge in [0.15, 0.2) is 0 Å². The molecule has 9 heteroatoms. The van der Waals surface area contributed by atoms with Gasteiger partial charge in [0.1, 0.15) is 17.5 Å². The Morgan fingerprint density at radius 2 is 1.74 bits per heavy atom. The van der Waals surface area contributed by atoms with E-state index in [1.807, 2.05) is 13.8 Å². The second-order valence-corrected chi connectivity index (χ2v) is 8.05. The maximum Gasteiger partial charge on any atom is 0.416 e. The molecule has 4 aromatic rings. The van der Waals surface area contributed by atoms with E-state index < -0.39 is 23.8 Å². The van der Waals surface area contributed by atoms with Crippen molar-refractivity contribution < 1.29 is 27.1 Å². The minimum absolute atomic E-state index is 0.0553. The molecule has 35 heavy (non-hydrogen) atoms. The minimum Gasteiger partial charge on any atom is -0.437 e. The van der Waals surface area contributed by atoms with Crippen LogP contribution in [-0.4, -0.2) is 22.6 Å². The van der Waals surface area contributed by atoms with Crippen molar-refractivity contribution in [1.29, 1.82) is 0 Å². The highest BCUT2D eigenvalue weighted by atomic mass is 19.4. The van der Waals surface area contributed by atoms with Crippen molar-refractivity contribution in [3.8, 4) is 11.6 Å². The third-order valence-electron chi connectivity index (χ3n) is 5.57. The Morgan fingerprint density at radius 3 is 2.49 bits per heavy atom. The molecule has 1 atom stereocenters. The molecule has 0 spiro atoms. The molecule has 4 rings (SSSR count). The lowest BCUT2D eigenvalue weighted by atomic mass is 10.0. The van der Waals surface area contributed by atoms with Crippen molar-refractivity contribution in [2.45, 2.75) is 26.2 Å². The first-order valence-corrected chi connectivity index (χ1v) is 10.7. The third kappa shape index (κ3) is 5.40. The fourth-order valence-corrected chi connectivity index (χ4v) is 3.52. The van der Waals surface area contributed by atoms with Crippen molar-refractivity contribution in [3.63, 3.8) is 0 Å². The quantitative estimate of drug-likeness (QED) is 0.318. The van der Waals surface area contributed by atoms with Gasteiger partial charge in [-0.3, -0.25) is 4.79 Å². The summed E-state index contributed by atoms with van der Waals surface area (Å²) in [7, 11) is 0. The van der Waals surface area contributed by atoms with Crippen LogP contribution in [0.2, 0.25) is 0 Å². The maximum atomic E-state index is 14.9. The standard InChI is InChI=1S/C26H21F4N3O2/c1-15-10-11-17(12-16(15)2)21(27)14-31-24(34)23-20-8-3-4-9-22(20)32-33-25(23)35-19-7-5-6-18(13-19)26(28,29)30/h3-13,21H,14H2,1-2H3,(H,31,34)/t21-/m0/s1. The van der Waals surface area contributed by atoms with Crippen LogP contribution in [0.25, 0.3) is 10.9 Å². The number of benzene rings is 3. The highest BCUT2D eigenvalue weighted by molar-refractivity contribution is 6.07. The van der Waals surface area contributed by atoms with Gasteiger partial charge in [-0.15, -0.1) is 10.2 Å². The van der Waals surface area contributed by atoms with Gasteiger partial charge in [-0.25, -0.2) is 4.39 Å². The molecule has 0 radical (unpaired) electrons. The Hall–Kier alpha value is -4.01. The number of fused-ring (bicyclic) bond motifs is 1. The monoisotopic (exact) mass is 483 g/mol. The number of nitrogens with zero attached hydrogens (tertiary/aromatic N) is 2. The Kier molecular flexibility index (Phi) is 6.68. The molecule has 0 saturated heterocycles. The molecular formula is C26H21F4N3O2. The van der Waals surface area contributed by atoms with E-state index >= 15 is 0 Å². The molecule has 0 aliphatic heterocycles. The summed E-state index contributed by atoms with van der Waals surface area (Å²) >= 11 is 0. The number of aromatic nitrogens is 2. The van der Waals surface area contributed by atoms with E-state index in [2.05, 4.69) is 15.5 Å². The van der Waals surface area contributed by atoms with Crippen molar-refractivity contribution in [1.82, 2.24) is 15.5 Å². The van der Waals surface area contributed by atoms with Crippen LogP contribution < -0.4 is 10.1 Å². The number of hydrogen-bond donors (Lipinski definition) is 1. The van der Waals surface area contributed by atoms with Gasteiger partial charge < -0.3 is 10.1 Å². The fraction of sp³-hybridized carbons (Fsp3) is 0.192. The lowest BCUT2D eigenvalue weighted by Gasteiger charge is -2.15. The second-order valence-electron chi connectivity index (χ2n) is 8.05. The van der Waals surface area contributed by atoms with Gasteiger partial charge >= 0.3 is 6.18 Å². The Labute approximate surface area is 198 Å². The summed E-state index contributed by atoms with van der Waals surface area (Å²) in [5.41, 5.74) is 1.78. The number of aryl methyl sites for hydroxylation is 2. The van der Waals surface area contributed by atoms with E-state index in [0.29, 0.717) is 16.5 Å². The predicted molar refractivity (Wildman–Crippen MR) is 123 cm³/mol. The average molecular weight is 483 g/mol. The number of carbonyl (C=O) groups excluding carboxylic acids is 1. The lowest BCUT2D eigenvalue weighted by Crippen LogP contribution is -2.28. The molecular weight excluding hydrogens is 462 g/mol. The number of alkyl halides is 4. The topological polar surface area (TPSA) is 64.1 Å². The largest absolute Gasteiger partial charge is 0.437 e. The van der Waals surface area contributed by atoms with E-state index in [4.69, 9.17) is 4.74 Å². The van der Waals surface area contributed by atoms with Crippen LogP contribution in [0, 0.1) is 13.8 Å². The number of ether oxygens (including phenoxy) is 1. The van der Waals surface area contributed by atoms with Gasteiger partial charge in [0.25, 0.3) is 11.8 Å². The van der Waals surface area contributed by atoms with E-state index in [1.165, 1.54) is 12.1 Å². The van der Waals surface area contributed by atoms with Gasteiger partial charge in [-0.1, -0.05) is 42.5 Å². The summed E-state index contributed by atoms with van der Waals surface area (Å²) in [6, 6.07) is 16.0. The van der Waals surface area contributed by atoms with Crippen molar-refractivity contribution in [3.05, 3.63) is 94.5 Å². The smallest absolute Gasteiger partial charge is 0.416 e. The average Bonchev–Trinajstić information content (AvgIpc) is 2.83. The molecule has 1 heterocycles. The molecule has 0 fully saturated rings. The first kappa shape index (κ1) is 24.1. The van der Waals surface area contributed by atoms with Crippen LogP contribution in [0.4, 0.5) is 17.6 Å². The normalized spacial score (nSPS) is 12.4. The summed E-state index contributed by atoms with van der Waals surface area (Å²) in [4.78, 5) is 13.1. The third-order valence-corrected chi connectivity index (χ3v) is 5.57. The molecule has 180 valence electrons. The summed E-state index contributed by atoms with van der Waals surface area (Å²) in [5, 5.41) is 10.8. The SMILES string of the molecule is Cc1ccc([C@@H](F)CNC(=O)c2c(Oc3cccc(C(F)(F)F)c3)nnc3ccccc23)cc1C. The number of halogens is 4. The number of rotatable bonds is 6. The highest BCUT2D eigenvalue weighted by Gasteiger charge is 2.31. The number of nitrogens with one attached hydrogen (secondary N) is 1. The van der Waals surface area contributed by atoms with Crippen LogP contribution in [0.5, 0.6) is 11.6 Å². The van der Waals surface area contributed by atoms with Crippen molar-refractivity contribution in [2.24, 2.45) is 0 Å². The maximum absolute atomic E-state index is 14.9. The number of hydrogen-bond acceptors (Lipinski definition) is 4. The Morgan fingerprint density at radius 1 is 0.971 bits per heavy atom. The zero-order valence-corrected chi connectivity index (χ0v) is 18.9. The number of amides is 1. The molecule has 0 aliphatic rings. The van der Waals surface area contributed by atoms with E-state index in [9.17, 15) is 22.4 Å². The molecule has 0 unspecified atom stereocenters. The molecule has 0 saturated carbocycles. The first-order chi connectivity index (χ1) is 16.6. The predicted octanol–water partition coefficient (Wildman–Crippen LogP) is 6.50. The summed E-state index contributed by atoms with van der Waals surface area (Å²) < 4.78 is 59.7. The van der Waals surface area contributed by atoms with Crippen molar-refractivity contribution >= 4 is 16.8 Å². The molecule has 5 nitrogen and oxygen atoms in total. The van der Waals surface area contributed by atoms with Gasteiger partial charge in [0.2, 0.25) is 0 Å². The zero-order valence-electron chi connectivity index (χ0n) is 18.9. The fourth-order valence-electron chi connectivity index (χ4n) is 3.52. The summed E-state index contributed by atoms with van der Waals surface area (Å²) in [6.45, 7) is 3.47. The van der Waals surface area contributed by atoms with Crippen LogP contribution >= 0.6 is 0 Å². The highest BCUT2D eigenvalue weighted by Crippen LogP contribution is 2.34. The van der Waals surface area contributed by atoms with E-state index in [1.54, 1.807) is 42.5 Å². The van der Waals surface area contributed by atoms with E-state index in [-0.39, 0.29) is 23.7 Å². The van der Waals surface area contributed by atoms with Gasteiger partial charge in [-0.05, 0) is 54.8 Å². The van der Waals surface area contributed by atoms with Crippen molar-refractivity contribution in [2.75, 3.05) is 6.54 Å². The van der Waals surface area contributed by atoms with Crippen LogP contribution in [0.15, 0.2) is 66.7 Å². The number of carbonyl (C=O) groups is 1. The van der Waals surface area contributed by atoms with E-state index in [0.717, 1.165) is 23.3 Å². The van der Waals surface area contributed by atoms with Crippen LogP contribution in [0.1, 0.15) is 38.8 Å². The molecule has 0 bridgehead atoms. The van der Waals surface area contributed by atoms with Gasteiger partial charge in [0, 0.05) is 5.39 Å². The Balaban J connectivity index is 1.63. The molecule has 1 aromatic heterocycles. The molecule has 1 amide bonds. The molecule has 1 N–H and O–H groups in total. The summed E-state index contributed by atoms with van der Waals surface area (Å²) in [6.07, 6.45) is -6.04. The minimum atomic E-state index is -4.57. The van der Waals surface area contributed by atoms with Gasteiger partial charge in [-0.2, -0.15) is 13.2 Å². The second kappa shape index (κ2) is 9.69. The molecule has 0 aliphatic carbocycles. The van der Waals surface area contributed by atoms with Gasteiger partial charge in [0.05, 0.1) is 17.6 Å². The molecule has 3 aromatic carbocycles. The van der Waals surface area contributed by atoms with Crippen LogP contribution in [0.3, 0.4) is 0 Å². The zero-order chi connectivity index (χ0) is 25.2. The lowest BCUT2D eigenvalue weighted by molar-refractivity contribution is -0.137. The summed E-state index contributed by atoms with van der Waals surface area (Å²) in [5.74, 6) is -1.15. The van der Waals surface area contributed by atoms with Crippen LogP contribution in [-0.2, 0) is 6.18 Å². The first-order valence-electron chi connectivity index (χ1n) is 10.7.